The maximum atomic E-state index is 9.19. The van der Waals surface area contributed by atoms with Crippen molar-refractivity contribution < 1.29 is 14.0 Å². The second kappa shape index (κ2) is 4.93. The van der Waals surface area contributed by atoms with Crippen LogP contribution in [0.4, 0.5) is 0 Å². The minimum absolute atomic E-state index is 0.00722. The molecule has 3 rings (SSSR count). The summed E-state index contributed by atoms with van der Waals surface area (Å²) in [6.45, 7) is 2.02. The fourth-order valence-electron chi connectivity index (χ4n) is 2.61. The zero-order valence-electron chi connectivity index (χ0n) is 10.6. The van der Waals surface area contributed by atoms with Gasteiger partial charge in [-0.25, -0.2) is 0 Å². The van der Waals surface area contributed by atoms with Crippen LogP contribution in [0.15, 0.2) is 50.8 Å². The smallest absolute Gasteiger partial charge is 0.121 e. The molecule has 1 fully saturated rings. The van der Waals surface area contributed by atoms with Crippen LogP contribution in [0.5, 0.6) is 0 Å². The number of rotatable bonds is 2. The molecule has 0 amide bonds. The van der Waals surface area contributed by atoms with Crippen molar-refractivity contribution in [3.8, 4) is 0 Å². The zero-order valence-corrected chi connectivity index (χ0v) is 10.6. The van der Waals surface area contributed by atoms with Crippen molar-refractivity contribution in [3.63, 3.8) is 0 Å². The van der Waals surface area contributed by atoms with Crippen LogP contribution in [0.1, 0.15) is 36.9 Å². The minimum atomic E-state index is -0.0234. The zero-order chi connectivity index (χ0) is 13.2. The third kappa shape index (κ3) is 2.17. The molecule has 0 saturated carbocycles. The molecule has 100 valence electrons. The molecule has 19 heavy (non-hydrogen) atoms. The second-order valence-corrected chi connectivity index (χ2v) is 4.81. The molecule has 1 saturated heterocycles. The highest BCUT2D eigenvalue weighted by atomic mass is 16.4. The van der Waals surface area contributed by atoms with E-state index in [0.717, 1.165) is 17.2 Å². The van der Waals surface area contributed by atoms with Gasteiger partial charge in [0.1, 0.15) is 11.5 Å². The Hall–Kier alpha value is -2.01. The predicted octanol–water partition coefficient (Wildman–Crippen LogP) is 3.11. The normalized spacial score (nSPS) is 29.7. The van der Waals surface area contributed by atoms with Crippen LogP contribution >= 0.6 is 0 Å². The van der Waals surface area contributed by atoms with Crippen LogP contribution in [0.3, 0.4) is 0 Å². The van der Waals surface area contributed by atoms with Gasteiger partial charge < -0.3 is 14.0 Å². The highest BCUT2D eigenvalue weighted by Gasteiger charge is 2.36. The van der Waals surface area contributed by atoms with Crippen molar-refractivity contribution in [1.29, 1.82) is 0 Å². The van der Waals surface area contributed by atoms with Gasteiger partial charge in [-0.15, -0.1) is 0 Å². The molecule has 0 aromatic carbocycles. The molecule has 0 bridgehead atoms. The number of piperidine rings is 1. The largest absolute Gasteiger partial charge is 0.468 e. The SMILES string of the molecule is C[C@@H]1C(=NO)C[C@@H](c2ccco2)N[C@@H]1c1ccco1. The van der Waals surface area contributed by atoms with Gasteiger partial charge in [0.25, 0.3) is 0 Å². The van der Waals surface area contributed by atoms with Gasteiger partial charge in [-0.2, -0.15) is 0 Å². The Morgan fingerprint density at radius 2 is 1.89 bits per heavy atom. The van der Waals surface area contributed by atoms with E-state index in [0.29, 0.717) is 6.42 Å². The summed E-state index contributed by atoms with van der Waals surface area (Å²) in [7, 11) is 0. The molecule has 5 heteroatoms. The molecule has 2 aromatic rings. The Kier molecular flexibility index (Phi) is 3.13. The Morgan fingerprint density at radius 3 is 2.47 bits per heavy atom. The van der Waals surface area contributed by atoms with E-state index in [9.17, 15) is 5.21 Å². The van der Waals surface area contributed by atoms with Gasteiger partial charge in [0.05, 0.1) is 30.3 Å². The average Bonchev–Trinajstić information content (AvgIpc) is 3.12. The summed E-state index contributed by atoms with van der Waals surface area (Å²) < 4.78 is 10.9. The third-order valence-corrected chi connectivity index (χ3v) is 3.68. The van der Waals surface area contributed by atoms with Crippen LogP contribution in [-0.4, -0.2) is 10.9 Å². The lowest BCUT2D eigenvalue weighted by molar-refractivity contribution is 0.267. The lowest BCUT2D eigenvalue weighted by Crippen LogP contribution is -2.41. The van der Waals surface area contributed by atoms with Crippen molar-refractivity contribution in [1.82, 2.24) is 5.32 Å². The van der Waals surface area contributed by atoms with E-state index < -0.39 is 0 Å². The van der Waals surface area contributed by atoms with Gasteiger partial charge in [-0.1, -0.05) is 12.1 Å². The Balaban J connectivity index is 1.91. The van der Waals surface area contributed by atoms with E-state index in [4.69, 9.17) is 8.83 Å². The number of nitrogens with zero attached hydrogens (tertiary/aromatic N) is 1. The topological polar surface area (TPSA) is 70.9 Å². The molecule has 0 aliphatic carbocycles. The van der Waals surface area contributed by atoms with Gasteiger partial charge in [0, 0.05) is 12.3 Å². The van der Waals surface area contributed by atoms with Gasteiger partial charge in [-0.05, 0) is 24.3 Å². The number of furan rings is 2. The molecule has 1 aliphatic rings. The molecule has 1 aliphatic heterocycles. The van der Waals surface area contributed by atoms with E-state index in [2.05, 4.69) is 10.5 Å². The number of hydrogen-bond acceptors (Lipinski definition) is 5. The maximum Gasteiger partial charge on any atom is 0.121 e. The van der Waals surface area contributed by atoms with Gasteiger partial charge in [0.2, 0.25) is 0 Å². The first-order valence-corrected chi connectivity index (χ1v) is 6.33. The molecule has 5 nitrogen and oxygen atoms in total. The standard InChI is InChI=1S/C14H16N2O3/c1-9-10(16-17)8-11(12-4-2-6-18-12)15-14(9)13-5-3-7-19-13/h2-7,9,11,14-15,17H,8H2,1H3/t9-,11+,14+/m1/s1. The van der Waals surface area contributed by atoms with Crippen molar-refractivity contribution >= 4 is 5.71 Å². The summed E-state index contributed by atoms with van der Waals surface area (Å²) in [5.41, 5.74) is 0.751. The van der Waals surface area contributed by atoms with Crippen molar-refractivity contribution in [3.05, 3.63) is 48.3 Å². The molecule has 2 N–H and O–H groups in total. The predicted molar refractivity (Wildman–Crippen MR) is 69.0 cm³/mol. The van der Waals surface area contributed by atoms with Crippen LogP contribution < -0.4 is 5.32 Å². The quantitative estimate of drug-likeness (QED) is 0.643. The first-order chi connectivity index (χ1) is 9.29. The second-order valence-electron chi connectivity index (χ2n) is 4.81. The molecular formula is C14H16N2O3. The van der Waals surface area contributed by atoms with Gasteiger partial charge in [0.15, 0.2) is 0 Å². The molecule has 0 radical (unpaired) electrons. The highest BCUT2D eigenvalue weighted by molar-refractivity contribution is 5.88. The molecule has 2 aromatic heterocycles. The van der Waals surface area contributed by atoms with E-state index in [1.807, 2.05) is 31.2 Å². The lowest BCUT2D eigenvalue weighted by Gasteiger charge is -2.34. The third-order valence-electron chi connectivity index (χ3n) is 3.68. The van der Waals surface area contributed by atoms with Gasteiger partial charge in [-0.3, -0.25) is 5.32 Å². The summed E-state index contributed by atoms with van der Waals surface area (Å²) >= 11 is 0. The van der Waals surface area contributed by atoms with Crippen molar-refractivity contribution in [2.24, 2.45) is 11.1 Å². The molecule has 3 heterocycles. The number of oxime groups is 1. The maximum absolute atomic E-state index is 9.19. The van der Waals surface area contributed by atoms with E-state index in [1.54, 1.807) is 12.5 Å². The minimum Gasteiger partial charge on any atom is -0.468 e. The Morgan fingerprint density at radius 1 is 1.21 bits per heavy atom. The monoisotopic (exact) mass is 260 g/mol. The summed E-state index contributed by atoms with van der Waals surface area (Å²) in [5, 5.41) is 16.1. The summed E-state index contributed by atoms with van der Waals surface area (Å²) in [6.07, 6.45) is 3.92. The first kappa shape index (κ1) is 12.0. The number of nitrogens with one attached hydrogen (secondary N) is 1. The van der Waals surface area contributed by atoms with Crippen molar-refractivity contribution in [2.75, 3.05) is 0 Å². The lowest BCUT2D eigenvalue weighted by atomic mass is 9.85. The van der Waals surface area contributed by atoms with Crippen LogP contribution in [0.2, 0.25) is 0 Å². The van der Waals surface area contributed by atoms with E-state index in [1.165, 1.54) is 0 Å². The Labute approximate surface area is 110 Å². The summed E-state index contributed by atoms with van der Waals surface area (Å²) in [5.74, 6) is 1.75. The van der Waals surface area contributed by atoms with Crippen molar-refractivity contribution in [2.45, 2.75) is 25.4 Å². The summed E-state index contributed by atoms with van der Waals surface area (Å²) in [6, 6.07) is 7.52. The fourth-order valence-corrected chi connectivity index (χ4v) is 2.61. The molecule has 3 atom stereocenters. The first-order valence-electron chi connectivity index (χ1n) is 6.33. The average molecular weight is 260 g/mol. The molecule has 0 unspecified atom stereocenters. The van der Waals surface area contributed by atoms with E-state index in [-0.39, 0.29) is 18.0 Å². The van der Waals surface area contributed by atoms with Crippen LogP contribution in [0, 0.1) is 5.92 Å². The van der Waals surface area contributed by atoms with E-state index >= 15 is 0 Å². The Bertz CT molecular complexity index is 545. The van der Waals surface area contributed by atoms with Gasteiger partial charge >= 0.3 is 0 Å². The molecular weight excluding hydrogens is 244 g/mol. The van der Waals surface area contributed by atoms with Crippen LogP contribution in [-0.2, 0) is 0 Å². The fraction of sp³-hybridized carbons (Fsp3) is 0.357. The molecule has 0 spiro atoms. The number of hydrogen-bond donors (Lipinski definition) is 2. The highest BCUT2D eigenvalue weighted by Crippen LogP contribution is 2.35. The van der Waals surface area contributed by atoms with Crippen LogP contribution in [0.25, 0.3) is 0 Å². The summed E-state index contributed by atoms with van der Waals surface area (Å²) in [4.78, 5) is 0.